The summed E-state index contributed by atoms with van der Waals surface area (Å²) < 4.78 is 29.6. The molecular formula is C42H47N11O10. The summed E-state index contributed by atoms with van der Waals surface area (Å²) in [7, 11) is 1.94. The van der Waals surface area contributed by atoms with E-state index >= 15 is 0 Å². The van der Waals surface area contributed by atoms with E-state index in [-0.39, 0.29) is 62.1 Å². The molecule has 0 spiro atoms. The van der Waals surface area contributed by atoms with Gasteiger partial charge in [-0.1, -0.05) is 6.07 Å². The number of rotatable bonds is 23. The van der Waals surface area contributed by atoms with Crippen LogP contribution in [0.1, 0.15) is 33.6 Å². The molecule has 1 unspecified atom stereocenters. The van der Waals surface area contributed by atoms with Crippen LogP contribution in [0.5, 0.6) is 5.75 Å². The molecule has 1 fully saturated rings. The molecule has 0 saturated carbocycles. The molecule has 2 aliphatic rings. The lowest BCUT2D eigenvalue weighted by atomic mass is 10.0. The Bertz CT molecular complexity index is 2430. The maximum absolute atomic E-state index is 13.2. The van der Waals surface area contributed by atoms with Crippen molar-refractivity contribution in [2.75, 3.05) is 95.5 Å². The van der Waals surface area contributed by atoms with Gasteiger partial charge < -0.3 is 49.4 Å². The van der Waals surface area contributed by atoms with Crippen LogP contribution in [0.3, 0.4) is 0 Å². The average Bonchev–Trinajstić information content (AvgIpc) is 3.86. The number of nitrogens with one attached hydrogen (secondary N) is 3. The summed E-state index contributed by atoms with van der Waals surface area (Å²) >= 11 is 0. The second kappa shape index (κ2) is 21.1. The van der Waals surface area contributed by atoms with E-state index < -0.39 is 29.7 Å². The van der Waals surface area contributed by atoms with E-state index in [1.165, 1.54) is 12.3 Å². The van der Waals surface area contributed by atoms with E-state index in [1.807, 2.05) is 53.0 Å². The molecule has 0 aliphatic carbocycles. The van der Waals surface area contributed by atoms with Gasteiger partial charge in [-0.2, -0.15) is 0 Å². The molecule has 2 aliphatic heterocycles. The number of nitrogens with two attached hydrogens (primary N) is 1. The standard InChI is InChI=1S/C42H47N11O10/c1-51(28-7-5-27(6-8-28)47-38-39-46-12-14-52(39)25-31(49-38)30-23-44-24-34(43)48-30)13-11-45-36(55)26-62-20-19-60-16-15-59-17-18-61-21-22-63-33-4-2-3-29-37(33)42(58)53(41(29)57)32-9-10-35(54)50-40(32)56/h2-8,12,14,23-25,32H,9-11,13,15-22,26H2,1H3,(H2,43,48)(H,45,55)(H,47,49)(H,50,54,56). The van der Waals surface area contributed by atoms with E-state index in [1.54, 1.807) is 24.5 Å². The van der Waals surface area contributed by atoms with Crippen molar-refractivity contribution >= 4 is 58.2 Å². The highest BCUT2D eigenvalue weighted by atomic mass is 16.6. The number of imidazole rings is 1. The van der Waals surface area contributed by atoms with Gasteiger partial charge >= 0.3 is 0 Å². The molecule has 63 heavy (non-hydrogen) atoms. The van der Waals surface area contributed by atoms with E-state index in [0.717, 1.165) is 16.3 Å². The SMILES string of the molecule is CN(CCNC(=O)COCCOCCOCCOCCOc1cccc2c1C(=O)N(C1CCC(=O)NC1=O)C2=O)c1ccc(Nc2nc(-c3cncc(N)n3)cn3ccnc23)cc1. The van der Waals surface area contributed by atoms with Gasteiger partial charge in [-0.15, -0.1) is 0 Å². The van der Waals surface area contributed by atoms with Crippen molar-refractivity contribution < 1.29 is 47.7 Å². The van der Waals surface area contributed by atoms with Crippen LogP contribution in [0.2, 0.25) is 0 Å². The molecule has 5 heterocycles. The molecule has 330 valence electrons. The molecule has 0 bridgehead atoms. The number of piperidine rings is 1. The fraction of sp³-hybridized carbons (Fsp3) is 0.357. The predicted octanol–water partition coefficient (Wildman–Crippen LogP) is 1.61. The van der Waals surface area contributed by atoms with Gasteiger partial charge in [-0.25, -0.2) is 15.0 Å². The summed E-state index contributed by atoms with van der Waals surface area (Å²) in [6.45, 7) is 3.06. The van der Waals surface area contributed by atoms with Crippen LogP contribution in [0.4, 0.5) is 23.0 Å². The molecule has 21 heteroatoms. The monoisotopic (exact) mass is 865 g/mol. The average molecular weight is 866 g/mol. The second-order valence-electron chi connectivity index (χ2n) is 14.3. The van der Waals surface area contributed by atoms with E-state index in [9.17, 15) is 24.0 Å². The number of likely N-dealkylation sites (N-methyl/N-ethyl adjacent to an activating group) is 1. The molecule has 7 rings (SSSR count). The number of amides is 5. The Morgan fingerprint density at radius 2 is 1.62 bits per heavy atom. The number of fused-ring (bicyclic) bond motifs is 2. The number of anilines is 4. The van der Waals surface area contributed by atoms with Crippen LogP contribution in [-0.2, 0) is 33.3 Å². The minimum absolute atomic E-state index is 0.0379. The van der Waals surface area contributed by atoms with Crippen LogP contribution in [0, 0.1) is 0 Å². The molecule has 5 aromatic rings. The van der Waals surface area contributed by atoms with Crippen molar-refractivity contribution in [3.63, 3.8) is 0 Å². The van der Waals surface area contributed by atoms with Crippen molar-refractivity contribution in [1.29, 1.82) is 0 Å². The lowest BCUT2D eigenvalue weighted by molar-refractivity contribution is -0.136. The summed E-state index contributed by atoms with van der Waals surface area (Å²) in [5.41, 5.74) is 9.61. The van der Waals surface area contributed by atoms with Gasteiger partial charge in [0.15, 0.2) is 11.5 Å². The van der Waals surface area contributed by atoms with Crippen LogP contribution >= 0.6 is 0 Å². The van der Waals surface area contributed by atoms with Crippen LogP contribution in [0.25, 0.3) is 17.0 Å². The largest absolute Gasteiger partial charge is 0.490 e. The van der Waals surface area contributed by atoms with Crippen molar-refractivity contribution in [1.82, 2.24) is 39.9 Å². The minimum Gasteiger partial charge on any atom is -0.490 e. The number of aromatic nitrogens is 5. The fourth-order valence-corrected chi connectivity index (χ4v) is 6.76. The zero-order valence-corrected chi connectivity index (χ0v) is 34.5. The third-order valence-corrected chi connectivity index (χ3v) is 9.89. The predicted molar refractivity (Wildman–Crippen MR) is 226 cm³/mol. The number of nitrogens with zero attached hydrogens (tertiary/aromatic N) is 7. The second-order valence-corrected chi connectivity index (χ2v) is 14.3. The van der Waals surface area contributed by atoms with Gasteiger partial charge in [0.2, 0.25) is 17.7 Å². The number of imide groups is 2. The Morgan fingerprint density at radius 3 is 2.35 bits per heavy atom. The van der Waals surface area contributed by atoms with Gasteiger partial charge in [-0.05, 0) is 42.8 Å². The normalized spacial score (nSPS) is 14.8. The fourth-order valence-electron chi connectivity index (χ4n) is 6.76. The molecule has 1 saturated heterocycles. The molecule has 5 N–H and O–H groups in total. The maximum atomic E-state index is 13.2. The first-order valence-electron chi connectivity index (χ1n) is 20.2. The van der Waals surface area contributed by atoms with Crippen LogP contribution in [-0.4, -0.2) is 144 Å². The summed E-state index contributed by atoms with van der Waals surface area (Å²) in [6, 6.07) is 11.4. The number of hydrogen-bond acceptors (Lipinski definition) is 17. The minimum atomic E-state index is -1.05. The number of carbonyl (C=O) groups is 5. The first-order chi connectivity index (χ1) is 30.7. The first-order valence-corrected chi connectivity index (χ1v) is 20.2. The van der Waals surface area contributed by atoms with Gasteiger partial charge in [0.1, 0.15) is 42.2 Å². The Morgan fingerprint density at radius 1 is 0.889 bits per heavy atom. The van der Waals surface area contributed by atoms with Crippen LogP contribution < -0.4 is 31.3 Å². The van der Waals surface area contributed by atoms with Gasteiger partial charge in [0.05, 0.1) is 69.8 Å². The van der Waals surface area contributed by atoms with Gasteiger partial charge in [0, 0.05) is 56.5 Å². The number of carbonyl (C=O) groups excluding carboxylic acids is 5. The van der Waals surface area contributed by atoms with Crippen molar-refractivity contribution in [3.05, 3.63) is 84.6 Å². The summed E-state index contributed by atoms with van der Waals surface area (Å²) in [6.07, 6.45) is 8.52. The quantitative estimate of drug-likeness (QED) is 0.0537. The summed E-state index contributed by atoms with van der Waals surface area (Å²) in [5, 5.41) is 8.38. The topological polar surface area (TPSA) is 256 Å². The zero-order chi connectivity index (χ0) is 44.1. The Kier molecular flexibility index (Phi) is 14.8. The highest BCUT2D eigenvalue weighted by Gasteiger charge is 2.46. The van der Waals surface area contributed by atoms with Gasteiger partial charge in [-0.3, -0.25) is 39.2 Å². The molecule has 0 radical (unpaired) electrons. The number of nitrogen functional groups attached to an aromatic ring is 1. The molecule has 2 aromatic carbocycles. The molecular weight excluding hydrogens is 819 g/mol. The Balaban J connectivity index is 0.697. The molecule has 1 atom stereocenters. The van der Waals surface area contributed by atoms with E-state index in [0.29, 0.717) is 74.8 Å². The molecule has 21 nitrogen and oxygen atoms in total. The lowest BCUT2D eigenvalue weighted by Gasteiger charge is -2.27. The number of benzene rings is 2. The van der Waals surface area contributed by atoms with Crippen molar-refractivity contribution in [3.8, 4) is 17.1 Å². The third kappa shape index (κ3) is 11.3. The first kappa shape index (κ1) is 44.0. The molecule has 3 aromatic heterocycles. The van der Waals surface area contributed by atoms with E-state index in [4.69, 9.17) is 34.4 Å². The zero-order valence-electron chi connectivity index (χ0n) is 34.5. The number of hydrogen-bond donors (Lipinski definition) is 4. The summed E-state index contributed by atoms with van der Waals surface area (Å²) in [5.74, 6) is -1.52. The highest BCUT2D eigenvalue weighted by Crippen LogP contribution is 2.33. The van der Waals surface area contributed by atoms with Crippen molar-refractivity contribution in [2.45, 2.75) is 18.9 Å². The smallest absolute Gasteiger partial charge is 0.266 e. The summed E-state index contributed by atoms with van der Waals surface area (Å²) in [4.78, 5) is 82.8. The maximum Gasteiger partial charge on any atom is 0.266 e. The molecule has 5 amide bonds. The van der Waals surface area contributed by atoms with E-state index in [2.05, 4.69) is 30.9 Å². The highest BCUT2D eigenvalue weighted by molar-refractivity contribution is 6.24. The van der Waals surface area contributed by atoms with Gasteiger partial charge in [0.25, 0.3) is 11.8 Å². The van der Waals surface area contributed by atoms with Crippen LogP contribution in [0.15, 0.2) is 73.4 Å². The Hall–Kier alpha value is -7.07. The lowest BCUT2D eigenvalue weighted by Crippen LogP contribution is -2.54. The third-order valence-electron chi connectivity index (χ3n) is 9.89. The number of ether oxygens (including phenoxy) is 5. The van der Waals surface area contributed by atoms with Crippen molar-refractivity contribution in [2.24, 2.45) is 0 Å². The Labute approximate surface area is 361 Å².